The molecule has 10 aliphatic heterocycles. The monoisotopic (exact) mass is 914 g/mol. The number of halogens is 2. The Labute approximate surface area is 323 Å². The quantitative estimate of drug-likeness (QED) is 0.0960. The van der Waals surface area contributed by atoms with Crippen LogP contribution in [-0.4, -0.2) is 24.2 Å². The van der Waals surface area contributed by atoms with Gasteiger partial charge >= 0.3 is 277 Å². The van der Waals surface area contributed by atoms with E-state index in [2.05, 4.69) is 99.9 Å². The van der Waals surface area contributed by atoms with Gasteiger partial charge in [0.15, 0.2) is 13.1 Å². The van der Waals surface area contributed by atoms with Crippen LogP contribution in [0.3, 0.4) is 0 Å². The van der Waals surface area contributed by atoms with Crippen molar-refractivity contribution < 1.29 is 67.2 Å². The molecule has 0 radical (unpaired) electrons. The molecule has 52 heavy (non-hydrogen) atoms. The van der Waals surface area contributed by atoms with Crippen LogP contribution in [0.2, 0.25) is 0 Å². The Morgan fingerprint density at radius 2 is 0.788 bits per heavy atom. The Kier molecular flexibility index (Phi) is 11.7. The topological polar surface area (TPSA) is 98.4 Å². The number of hydrogen-bond donors (Lipinski definition) is 2. The van der Waals surface area contributed by atoms with Gasteiger partial charge in [-0.2, -0.15) is 0 Å². The molecular formula is C40H36I2N8O2+2. The molecule has 0 saturated heterocycles. The number of nitrogens with one attached hydrogen (secondary N) is 2. The molecule has 16 rings (SSSR count). The van der Waals surface area contributed by atoms with Crippen molar-refractivity contribution in [1.82, 2.24) is 10.9 Å². The van der Waals surface area contributed by atoms with E-state index in [0.717, 1.165) is 31.1 Å². The van der Waals surface area contributed by atoms with Crippen molar-refractivity contribution in [2.45, 2.75) is 21.9 Å². The fraction of sp³-hybridized carbons (Fsp3) is 0.100. The SMILES string of the molecule is O=C1N/N=C\c2cc[n+](cc2)[I-]Cc2ccc(cc2)C[I-][n+]2ccc(cc2)/C=N\NC(=O)c2cc[n+](cc2)Cc2ccc(cc2)C[n+]2ccc1cc2. The number of hydrogen-bond acceptors (Lipinski definition) is 4. The molecule has 6 aromatic rings. The molecule has 0 saturated carbocycles. The summed E-state index contributed by atoms with van der Waals surface area (Å²) in [5, 5.41) is 8.36. The van der Waals surface area contributed by atoms with Crippen molar-refractivity contribution in [1.29, 1.82) is 0 Å². The third-order valence-corrected chi connectivity index (χ3v) is 13.5. The number of amides is 2. The maximum absolute atomic E-state index is 12.7. The van der Waals surface area contributed by atoms with Gasteiger partial charge in [0, 0.05) is 11.1 Å². The van der Waals surface area contributed by atoms with Crippen molar-refractivity contribution in [3.63, 3.8) is 0 Å². The number of carbonyl (C=O) groups excluding carboxylic acids is 2. The summed E-state index contributed by atoms with van der Waals surface area (Å²) in [5.74, 6) is -0.521. The van der Waals surface area contributed by atoms with Gasteiger partial charge in [-0.15, -0.1) is 0 Å². The molecule has 260 valence electrons. The molecule has 2 aromatic carbocycles. The summed E-state index contributed by atoms with van der Waals surface area (Å²) in [6.07, 6.45) is 19.2. The van der Waals surface area contributed by atoms with Gasteiger partial charge in [0.2, 0.25) is 0 Å². The molecule has 0 atom stereocenters. The number of hydrazone groups is 2. The average molecular weight is 915 g/mol. The summed E-state index contributed by atoms with van der Waals surface area (Å²) in [4.78, 5) is 25.4. The Balaban J connectivity index is 1.04. The summed E-state index contributed by atoms with van der Waals surface area (Å²) in [7, 11) is 0. The van der Waals surface area contributed by atoms with Gasteiger partial charge in [0.1, 0.15) is 0 Å². The Morgan fingerprint density at radius 1 is 0.442 bits per heavy atom. The maximum atomic E-state index is 12.7. The second-order valence-electron chi connectivity index (χ2n) is 12.0. The molecule has 12 heteroatoms. The number of nitrogens with zero attached hydrogens (tertiary/aromatic N) is 6. The van der Waals surface area contributed by atoms with Crippen LogP contribution in [0.25, 0.3) is 0 Å². The Morgan fingerprint density at radius 3 is 1.15 bits per heavy atom. The molecule has 10 aliphatic rings. The fourth-order valence-electron chi connectivity index (χ4n) is 5.22. The molecule has 12 bridgehead atoms. The number of rotatable bonds is 0. The average Bonchev–Trinajstić information content (AvgIpc) is 3.18. The third kappa shape index (κ3) is 9.97. The minimum atomic E-state index is -0.260. The molecular weight excluding hydrogens is 878 g/mol. The van der Waals surface area contributed by atoms with Crippen molar-refractivity contribution in [3.8, 4) is 0 Å². The predicted octanol–water partition coefficient (Wildman–Crippen LogP) is -3.12. The van der Waals surface area contributed by atoms with Crippen LogP contribution in [0.1, 0.15) is 54.1 Å². The summed E-state index contributed by atoms with van der Waals surface area (Å²) >= 11 is -0.498. The first kappa shape index (κ1) is 35.2. The number of carbonyl (C=O) groups is 2. The van der Waals surface area contributed by atoms with Crippen LogP contribution in [0.4, 0.5) is 0 Å². The third-order valence-electron chi connectivity index (χ3n) is 8.18. The van der Waals surface area contributed by atoms with Crippen LogP contribution >= 0.6 is 0 Å². The number of pyridine rings is 4. The van der Waals surface area contributed by atoms with Crippen molar-refractivity contribution in [3.05, 3.63) is 191 Å². The molecule has 14 heterocycles. The van der Waals surface area contributed by atoms with E-state index < -0.39 is 0 Å². The van der Waals surface area contributed by atoms with Crippen LogP contribution in [0.15, 0.2) is 157 Å². The normalized spacial score (nSPS) is 15.5. The zero-order chi connectivity index (χ0) is 35.5. The molecule has 2 N–H and O–H groups in total. The van der Waals surface area contributed by atoms with Gasteiger partial charge in [0.05, 0.1) is 0 Å². The first-order valence-corrected chi connectivity index (χ1v) is 21.5. The molecule has 4 aromatic heterocycles. The molecule has 0 unspecified atom stereocenters. The van der Waals surface area contributed by atoms with Crippen LogP contribution in [-0.2, 0) is 21.9 Å². The molecule has 0 spiro atoms. The van der Waals surface area contributed by atoms with E-state index in [1.54, 1.807) is 36.7 Å². The minimum absolute atomic E-state index is 0.249. The van der Waals surface area contributed by atoms with Gasteiger partial charge in [-0.3, -0.25) is 0 Å². The van der Waals surface area contributed by atoms with Crippen LogP contribution < -0.4 is 68.5 Å². The van der Waals surface area contributed by atoms with Gasteiger partial charge in [-0.05, 0) is 0 Å². The summed E-state index contributed by atoms with van der Waals surface area (Å²) in [6.45, 7) is 1.35. The van der Waals surface area contributed by atoms with E-state index in [1.165, 1.54) is 11.1 Å². The van der Waals surface area contributed by atoms with E-state index in [4.69, 9.17) is 0 Å². The van der Waals surface area contributed by atoms with E-state index in [9.17, 15) is 9.59 Å². The summed E-state index contributed by atoms with van der Waals surface area (Å²) in [6, 6.07) is 32.6. The zero-order valence-corrected chi connectivity index (χ0v) is 32.4. The second-order valence-corrected chi connectivity index (χ2v) is 17.1. The van der Waals surface area contributed by atoms with Crippen molar-refractivity contribution in [2.75, 3.05) is 0 Å². The van der Waals surface area contributed by atoms with Crippen LogP contribution in [0.5, 0.6) is 0 Å². The second kappa shape index (κ2) is 17.3. The van der Waals surface area contributed by atoms with E-state index in [0.29, 0.717) is 24.2 Å². The van der Waals surface area contributed by atoms with Gasteiger partial charge < -0.3 is 0 Å². The van der Waals surface area contributed by atoms with E-state index in [1.807, 2.05) is 58.2 Å². The zero-order valence-electron chi connectivity index (χ0n) is 28.1. The fourth-order valence-corrected chi connectivity index (χ4v) is 9.37. The predicted molar refractivity (Wildman–Crippen MR) is 186 cm³/mol. The number of benzene rings is 2. The Hall–Kier alpha value is -5.22. The summed E-state index contributed by atoms with van der Waals surface area (Å²) < 4.78 is 10.6. The number of aromatic nitrogens is 4. The van der Waals surface area contributed by atoms with E-state index in [-0.39, 0.29) is 54.8 Å². The molecule has 2 amide bonds. The molecule has 0 fully saturated rings. The first-order chi connectivity index (χ1) is 25.5. The number of alkyl halides is 2. The summed E-state index contributed by atoms with van der Waals surface area (Å²) in [5.41, 5.74) is 13.2. The van der Waals surface area contributed by atoms with Gasteiger partial charge in [-0.1, -0.05) is 24.3 Å². The first-order valence-electron chi connectivity index (χ1n) is 16.6. The van der Waals surface area contributed by atoms with E-state index >= 15 is 0 Å². The van der Waals surface area contributed by atoms with Gasteiger partial charge in [-0.25, -0.2) is 0 Å². The molecule has 0 aliphatic carbocycles. The Bertz CT molecular complexity index is 2030. The van der Waals surface area contributed by atoms with Crippen molar-refractivity contribution >= 4 is 24.2 Å². The van der Waals surface area contributed by atoms with Crippen LogP contribution in [0, 0.1) is 0 Å². The van der Waals surface area contributed by atoms with Gasteiger partial charge in [0.25, 0.3) is 0 Å². The van der Waals surface area contributed by atoms with Crippen molar-refractivity contribution in [2.24, 2.45) is 10.2 Å². The standard InChI is InChI=1S/C40H34I2N8O2/c51-39-37-13-17-47(18-14-37)29-35-5-7-36(8-6-35)30-48-19-15-38(16-20-48)40(52)46-44-28-34-11-23-50(24-12-34)42-26-32-2-1-31(3-4-32)25-41-49-21-9-33(10-22-49)27-43-45-39/h1-24,27-28H,25-26,29-30H2/p+2. The molecule has 10 nitrogen and oxygen atoms in total.